The normalized spacial score (nSPS) is 46.8. The Morgan fingerprint density at radius 1 is 1.55 bits per heavy atom. The van der Waals surface area contributed by atoms with Crippen LogP contribution in [0.3, 0.4) is 0 Å². The van der Waals surface area contributed by atoms with Crippen molar-refractivity contribution in [3.8, 4) is 0 Å². The molecule has 0 radical (unpaired) electrons. The van der Waals surface area contributed by atoms with Crippen LogP contribution in [0.5, 0.6) is 0 Å². The first-order valence-electron chi connectivity index (χ1n) is 4.39. The highest BCUT2D eigenvalue weighted by Crippen LogP contribution is 2.61. The van der Waals surface area contributed by atoms with E-state index in [1.54, 1.807) is 0 Å². The first-order valence-corrected chi connectivity index (χ1v) is 4.39. The third kappa shape index (κ3) is 0.610. The van der Waals surface area contributed by atoms with Gasteiger partial charge in [-0.3, -0.25) is 0 Å². The minimum atomic E-state index is -0.530. The Hall–Kier alpha value is -0.300. The maximum absolute atomic E-state index is 10.2. The minimum absolute atomic E-state index is 0.0874. The molecule has 11 heavy (non-hydrogen) atoms. The Morgan fingerprint density at radius 3 is 2.36 bits per heavy atom. The van der Waals surface area contributed by atoms with E-state index in [4.69, 9.17) is 0 Å². The van der Waals surface area contributed by atoms with Crippen LogP contribution in [0.15, 0.2) is 12.2 Å². The van der Waals surface area contributed by atoms with Gasteiger partial charge in [-0.25, -0.2) is 0 Å². The molecule has 1 N–H and O–H groups in total. The lowest BCUT2D eigenvalue weighted by Crippen LogP contribution is -2.37. The maximum atomic E-state index is 10.2. The molecular weight excluding hydrogens is 136 g/mol. The number of fused-ring (bicyclic) bond motifs is 2. The van der Waals surface area contributed by atoms with Crippen LogP contribution < -0.4 is 0 Å². The molecule has 1 heteroatoms. The molecule has 2 atom stereocenters. The van der Waals surface area contributed by atoms with E-state index in [0.717, 1.165) is 18.4 Å². The van der Waals surface area contributed by atoms with Gasteiger partial charge in [0.2, 0.25) is 0 Å². The summed E-state index contributed by atoms with van der Waals surface area (Å²) >= 11 is 0. The van der Waals surface area contributed by atoms with E-state index in [1.807, 2.05) is 0 Å². The average Bonchev–Trinajstić information content (AvgIpc) is 2.20. The summed E-state index contributed by atoms with van der Waals surface area (Å²) in [6.45, 7) is 8.29. The average molecular weight is 152 g/mol. The fourth-order valence-corrected chi connectivity index (χ4v) is 2.86. The number of hydrogen-bond acceptors (Lipinski definition) is 1. The van der Waals surface area contributed by atoms with Crippen molar-refractivity contribution in [1.29, 1.82) is 0 Å². The Balaban J connectivity index is 2.47. The summed E-state index contributed by atoms with van der Waals surface area (Å²) in [7, 11) is 0. The van der Waals surface area contributed by atoms with Gasteiger partial charge in [0.15, 0.2) is 0 Å². The fraction of sp³-hybridized carbons (Fsp3) is 0.800. The molecule has 2 unspecified atom stereocenters. The molecule has 2 rings (SSSR count). The summed E-state index contributed by atoms with van der Waals surface area (Å²) in [5, 5.41) is 10.2. The Labute approximate surface area is 68.1 Å². The first kappa shape index (κ1) is 7.35. The number of aliphatic hydroxyl groups is 1. The molecule has 2 fully saturated rings. The van der Waals surface area contributed by atoms with Crippen LogP contribution in [0, 0.1) is 11.3 Å². The Bertz CT molecular complexity index is 217. The monoisotopic (exact) mass is 152 g/mol. The highest BCUT2D eigenvalue weighted by Gasteiger charge is 2.60. The zero-order chi connectivity index (χ0) is 8.28. The predicted molar refractivity (Wildman–Crippen MR) is 45.2 cm³/mol. The molecule has 62 valence electrons. The minimum Gasteiger partial charge on any atom is -0.385 e. The predicted octanol–water partition coefficient (Wildman–Crippen LogP) is 2.11. The van der Waals surface area contributed by atoms with E-state index < -0.39 is 5.60 Å². The zero-order valence-electron chi connectivity index (χ0n) is 7.35. The van der Waals surface area contributed by atoms with Crippen LogP contribution in [-0.4, -0.2) is 10.7 Å². The Kier molecular flexibility index (Phi) is 1.15. The largest absolute Gasteiger partial charge is 0.385 e. The van der Waals surface area contributed by atoms with Gasteiger partial charge >= 0.3 is 0 Å². The van der Waals surface area contributed by atoms with Gasteiger partial charge < -0.3 is 5.11 Å². The highest BCUT2D eigenvalue weighted by molar-refractivity contribution is 5.30. The van der Waals surface area contributed by atoms with Crippen LogP contribution in [0.25, 0.3) is 0 Å². The summed E-state index contributed by atoms with van der Waals surface area (Å²) in [5.41, 5.74) is 0.626. The van der Waals surface area contributed by atoms with Crippen molar-refractivity contribution in [2.24, 2.45) is 11.3 Å². The van der Waals surface area contributed by atoms with Crippen molar-refractivity contribution in [2.75, 3.05) is 0 Å². The van der Waals surface area contributed by atoms with E-state index >= 15 is 0 Å². The lowest BCUT2D eigenvalue weighted by atomic mass is 9.78. The van der Waals surface area contributed by atoms with E-state index in [-0.39, 0.29) is 5.41 Å². The quantitative estimate of drug-likeness (QED) is 0.527. The van der Waals surface area contributed by atoms with E-state index in [0.29, 0.717) is 5.92 Å². The van der Waals surface area contributed by atoms with Crippen LogP contribution >= 0.6 is 0 Å². The second-order valence-electron chi connectivity index (χ2n) is 4.63. The standard InChI is InChI=1S/C10H16O/c1-7-6-8-4-5-10(7,11)9(8,2)3/h8,11H,1,4-6H2,2-3H3. The molecular formula is C10H16O. The molecule has 0 aromatic rings. The van der Waals surface area contributed by atoms with Gasteiger partial charge in [-0.05, 0) is 30.8 Å². The summed E-state index contributed by atoms with van der Waals surface area (Å²) in [4.78, 5) is 0. The molecule has 0 aromatic heterocycles. The van der Waals surface area contributed by atoms with Gasteiger partial charge in [0.25, 0.3) is 0 Å². The summed E-state index contributed by atoms with van der Waals surface area (Å²) in [5.74, 6) is 0.681. The third-order valence-electron chi connectivity index (χ3n) is 4.02. The second-order valence-corrected chi connectivity index (χ2v) is 4.63. The topological polar surface area (TPSA) is 20.2 Å². The molecule has 2 aliphatic carbocycles. The van der Waals surface area contributed by atoms with Gasteiger partial charge in [-0.2, -0.15) is 0 Å². The van der Waals surface area contributed by atoms with E-state index in [2.05, 4.69) is 20.4 Å². The molecule has 0 heterocycles. The molecule has 0 spiro atoms. The number of hydrogen-bond donors (Lipinski definition) is 1. The second kappa shape index (κ2) is 1.71. The highest BCUT2D eigenvalue weighted by atomic mass is 16.3. The first-order chi connectivity index (χ1) is 4.98. The summed E-state index contributed by atoms with van der Waals surface area (Å²) in [6.07, 6.45) is 3.16. The van der Waals surface area contributed by atoms with E-state index in [9.17, 15) is 5.11 Å². The van der Waals surface area contributed by atoms with Crippen LogP contribution in [0.4, 0.5) is 0 Å². The van der Waals surface area contributed by atoms with Gasteiger partial charge in [0, 0.05) is 5.41 Å². The molecule has 2 aliphatic rings. The molecule has 0 saturated heterocycles. The van der Waals surface area contributed by atoms with Crippen molar-refractivity contribution < 1.29 is 5.11 Å². The summed E-state index contributed by atoms with van der Waals surface area (Å²) in [6, 6.07) is 0. The maximum Gasteiger partial charge on any atom is 0.0907 e. The lowest BCUT2D eigenvalue weighted by Gasteiger charge is -2.33. The van der Waals surface area contributed by atoms with Gasteiger partial charge in [0.05, 0.1) is 5.60 Å². The third-order valence-corrected chi connectivity index (χ3v) is 4.02. The molecule has 2 saturated carbocycles. The smallest absolute Gasteiger partial charge is 0.0907 e. The molecule has 0 aliphatic heterocycles. The van der Waals surface area contributed by atoms with E-state index in [1.165, 1.54) is 6.42 Å². The van der Waals surface area contributed by atoms with Crippen LogP contribution in [0.2, 0.25) is 0 Å². The van der Waals surface area contributed by atoms with Gasteiger partial charge in [0.1, 0.15) is 0 Å². The fourth-order valence-electron chi connectivity index (χ4n) is 2.86. The van der Waals surface area contributed by atoms with Crippen molar-refractivity contribution in [1.82, 2.24) is 0 Å². The zero-order valence-corrected chi connectivity index (χ0v) is 7.35. The molecule has 0 aromatic carbocycles. The van der Waals surface area contributed by atoms with Crippen LogP contribution in [0.1, 0.15) is 33.1 Å². The SMILES string of the molecule is C=C1CC2CCC1(O)C2(C)C. The molecule has 0 amide bonds. The van der Waals surface area contributed by atoms with Crippen LogP contribution in [-0.2, 0) is 0 Å². The van der Waals surface area contributed by atoms with Gasteiger partial charge in [-0.15, -0.1) is 0 Å². The van der Waals surface area contributed by atoms with Crippen molar-refractivity contribution >= 4 is 0 Å². The van der Waals surface area contributed by atoms with Crippen molar-refractivity contribution in [3.63, 3.8) is 0 Å². The molecule has 1 nitrogen and oxygen atoms in total. The summed E-state index contributed by atoms with van der Waals surface area (Å²) < 4.78 is 0. The van der Waals surface area contributed by atoms with Crippen molar-refractivity contribution in [2.45, 2.75) is 38.7 Å². The Morgan fingerprint density at radius 2 is 2.18 bits per heavy atom. The molecule has 2 bridgehead atoms. The van der Waals surface area contributed by atoms with Crippen molar-refractivity contribution in [3.05, 3.63) is 12.2 Å². The lowest BCUT2D eigenvalue weighted by molar-refractivity contribution is 0.00115. The number of rotatable bonds is 0. The van der Waals surface area contributed by atoms with Gasteiger partial charge in [-0.1, -0.05) is 20.4 Å².